The molecule has 0 aliphatic heterocycles. The Morgan fingerprint density at radius 1 is 1.00 bits per heavy atom. The van der Waals surface area contributed by atoms with Crippen LogP contribution in [0.5, 0.6) is 17.2 Å². The van der Waals surface area contributed by atoms with Crippen LogP contribution in [0.15, 0.2) is 34.7 Å². The van der Waals surface area contributed by atoms with Crippen LogP contribution in [0.4, 0.5) is 0 Å². The van der Waals surface area contributed by atoms with Crippen molar-refractivity contribution < 1.29 is 28.2 Å². The van der Waals surface area contributed by atoms with Crippen molar-refractivity contribution in [2.75, 3.05) is 21.3 Å². The first-order chi connectivity index (χ1) is 14.0. The number of esters is 1. The van der Waals surface area contributed by atoms with E-state index in [9.17, 15) is 4.79 Å². The van der Waals surface area contributed by atoms with Gasteiger partial charge in [0, 0.05) is 10.6 Å². The van der Waals surface area contributed by atoms with Crippen molar-refractivity contribution in [1.29, 1.82) is 0 Å². The van der Waals surface area contributed by atoms with Crippen LogP contribution >= 0.6 is 23.2 Å². The van der Waals surface area contributed by atoms with E-state index >= 15 is 0 Å². The second kappa shape index (κ2) is 9.02. The Kier molecular flexibility index (Phi) is 6.46. The summed E-state index contributed by atoms with van der Waals surface area (Å²) in [6.45, 7) is -0.237. The molecule has 8 nitrogen and oxygen atoms in total. The predicted molar refractivity (Wildman–Crippen MR) is 105 cm³/mol. The van der Waals surface area contributed by atoms with Crippen LogP contribution in [0.1, 0.15) is 16.2 Å². The van der Waals surface area contributed by atoms with Gasteiger partial charge in [-0.2, -0.15) is 0 Å². The standard InChI is InChI=1S/C19H16Cl2N2O6/c1-25-14-6-10(7-15(26-2)17(14)27-3)18-23-22-16(29-18)9-28-19(24)12-8-11(20)4-5-13(12)21/h4-8H,9H2,1-3H3. The summed E-state index contributed by atoms with van der Waals surface area (Å²) < 4.78 is 26.7. The minimum absolute atomic E-state index is 0.0975. The maximum Gasteiger partial charge on any atom is 0.340 e. The summed E-state index contributed by atoms with van der Waals surface area (Å²) in [5.41, 5.74) is 0.686. The molecule has 10 heteroatoms. The van der Waals surface area contributed by atoms with E-state index in [0.29, 0.717) is 27.8 Å². The van der Waals surface area contributed by atoms with E-state index in [1.165, 1.54) is 33.5 Å². The monoisotopic (exact) mass is 438 g/mol. The highest BCUT2D eigenvalue weighted by molar-refractivity contribution is 6.35. The van der Waals surface area contributed by atoms with Crippen LogP contribution in [0, 0.1) is 0 Å². The van der Waals surface area contributed by atoms with Crippen molar-refractivity contribution in [3.8, 4) is 28.7 Å². The molecule has 2 aromatic carbocycles. The highest BCUT2D eigenvalue weighted by atomic mass is 35.5. The Hall–Kier alpha value is -2.97. The molecule has 1 aromatic heterocycles. The Labute approximate surface area is 176 Å². The molecule has 0 bridgehead atoms. The van der Waals surface area contributed by atoms with Crippen molar-refractivity contribution in [2.45, 2.75) is 6.61 Å². The molecule has 0 radical (unpaired) electrons. The predicted octanol–water partition coefficient (Wildman–Crippen LogP) is 4.43. The number of carbonyl (C=O) groups excluding carboxylic acids is 1. The number of halogens is 2. The van der Waals surface area contributed by atoms with Crippen LogP contribution in [0.3, 0.4) is 0 Å². The van der Waals surface area contributed by atoms with Gasteiger partial charge in [0.05, 0.1) is 31.9 Å². The zero-order valence-electron chi connectivity index (χ0n) is 15.7. The fourth-order valence-electron chi connectivity index (χ4n) is 2.49. The summed E-state index contributed by atoms with van der Waals surface area (Å²) in [7, 11) is 4.51. The summed E-state index contributed by atoms with van der Waals surface area (Å²) >= 11 is 11.9. The molecule has 0 aliphatic carbocycles. The van der Waals surface area contributed by atoms with Crippen molar-refractivity contribution in [3.63, 3.8) is 0 Å². The van der Waals surface area contributed by atoms with Gasteiger partial charge in [-0.25, -0.2) is 4.79 Å². The second-order valence-electron chi connectivity index (χ2n) is 5.62. The van der Waals surface area contributed by atoms with Gasteiger partial charge in [0.1, 0.15) is 0 Å². The average Bonchev–Trinajstić information content (AvgIpc) is 3.21. The SMILES string of the molecule is COc1cc(-c2nnc(COC(=O)c3cc(Cl)ccc3Cl)o2)cc(OC)c1OC. The number of nitrogens with zero attached hydrogens (tertiary/aromatic N) is 2. The van der Waals surface area contributed by atoms with Gasteiger partial charge in [-0.3, -0.25) is 0 Å². The van der Waals surface area contributed by atoms with Gasteiger partial charge in [0.25, 0.3) is 5.89 Å². The van der Waals surface area contributed by atoms with E-state index in [4.69, 9.17) is 46.6 Å². The Morgan fingerprint density at radius 2 is 1.69 bits per heavy atom. The number of aromatic nitrogens is 2. The molecular weight excluding hydrogens is 423 g/mol. The van der Waals surface area contributed by atoms with Crippen LogP contribution in [0.2, 0.25) is 10.0 Å². The van der Waals surface area contributed by atoms with E-state index in [-0.39, 0.29) is 29.0 Å². The second-order valence-corrected chi connectivity index (χ2v) is 6.46. The Balaban J connectivity index is 1.77. The van der Waals surface area contributed by atoms with E-state index in [0.717, 1.165) is 0 Å². The fourth-order valence-corrected chi connectivity index (χ4v) is 2.86. The van der Waals surface area contributed by atoms with Gasteiger partial charge in [0.2, 0.25) is 11.6 Å². The largest absolute Gasteiger partial charge is 0.493 e. The first-order valence-electron chi connectivity index (χ1n) is 8.21. The molecule has 29 heavy (non-hydrogen) atoms. The number of hydrogen-bond donors (Lipinski definition) is 0. The first kappa shape index (κ1) is 20.8. The number of benzene rings is 2. The van der Waals surface area contributed by atoms with Gasteiger partial charge in [-0.15, -0.1) is 10.2 Å². The zero-order chi connectivity index (χ0) is 21.0. The van der Waals surface area contributed by atoms with E-state index < -0.39 is 5.97 Å². The van der Waals surface area contributed by atoms with E-state index in [2.05, 4.69) is 10.2 Å². The molecule has 0 spiro atoms. The Morgan fingerprint density at radius 3 is 2.31 bits per heavy atom. The van der Waals surface area contributed by atoms with Crippen molar-refractivity contribution in [1.82, 2.24) is 10.2 Å². The lowest BCUT2D eigenvalue weighted by Crippen LogP contribution is -2.06. The molecule has 0 unspecified atom stereocenters. The van der Waals surface area contributed by atoms with Gasteiger partial charge in [0.15, 0.2) is 18.1 Å². The summed E-state index contributed by atoms with van der Waals surface area (Å²) in [5.74, 6) is 0.930. The number of rotatable bonds is 7. The molecule has 1 heterocycles. The highest BCUT2D eigenvalue weighted by Crippen LogP contribution is 2.40. The van der Waals surface area contributed by atoms with Crippen LogP contribution in [-0.4, -0.2) is 37.5 Å². The fraction of sp³-hybridized carbons (Fsp3) is 0.211. The Bertz CT molecular complexity index is 1010. The third kappa shape index (κ3) is 4.55. The zero-order valence-corrected chi connectivity index (χ0v) is 17.2. The van der Waals surface area contributed by atoms with Crippen molar-refractivity contribution in [3.05, 3.63) is 51.8 Å². The maximum atomic E-state index is 12.2. The van der Waals surface area contributed by atoms with Crippen molar-refractivity contribution >= 4 is 29.2 Å². The highest BCUT2D eigenvalue weighted by Gasteiger charge is 2.19. The number of methoxy groups -OCH3 is 3. The lowest BCUT2D eigenvalue weighted by molar-refractivity contribution is 0.0439. The molecule has 0 amide bonds. The quantitative estimate of drug-likeness (QED) is 0.500. The smallest absolute Gasteiger partial charge is 0.340 e. The summed E-state index contributed by atoms with van der Waals surface area (Å²) in [6.07, 6.45) is 0. The van der Waals surface area contributed by atoms with Crippen LogP contribution in [0.25, 0.3) is 11.5 Å². The minimum atomic E-state index is -0.662. The third-order valence-electron chi connectivity index (χ3n) is 3.85. The van der Waals surface area contributed by atoms with Gasteiger partial charge >= 0.3 is 5.97 Å². The van der Waals surface area contributed by atoms with Gasteiger partial charge < -0.3 is 23.4 Å². The molecule has 3 rings (SSSR count). The third-order valence-corrected chi connectivity index (χ3v) is 4.42. The lowest BCUT2D eigenvalue weighted by atomic mass is 10.2. The summed E-state index contributed by atoms with van der Waals surface area (Å²) in [5, 5.41) is 8.44. The number of ether oxygens (including phenoxy) is 4. The van der Waals surface area contributed by atoms with Crippen LogP contribution in [-0.2, 0) is 11.3 Å². The lowest BCUT2D eigenvalue weighted by Gasteiger charge is -2.12. The average molecular weight is 439 g/mol. The molecule has 0 N–H and O–H groups in total. The maximum absolute atomic E-state index is 12.2. The van der Waals surface area contributed by atoms with E-state index in [1.807, 2.05) is 0 Å². The molecule has 3 aromatic rings. The minimum Gasteiger partial charge on any atom is -0.493 e. The first-order valence-corrected chi connectivity index (χ1v) is 8.97. The van der Waals surface area contributed by atoms with Crippen LogP contribution < -0.4 is 14.2 Å². The topological polar surface area (TPSA) is 92.9 Å². The molecule has 0 fully saturated rings. The molecule has 0 saturated heterocycles. The number of carbonyl (C=O) groups is 1. The molecule has 152 valence electrons. The van der Waals surface area contributed by atoms with Gasteiger partial charge in [-0.05, 0) is 30.3 Å². The van der Waals surface area contributed by atoms with Gasteiger partial charge in [-0.1, -0.05) is 23.2 Å². The summed E-state index contributed by atoms with van der Waals surface area (Å²) in [6, 6.07) is 7.83. The molecule has 0 aliphatic rings. The molecular formula is C19H16Cl2N2O6. The van der Waals surface area contributed by atoms with E-state index in [1.54, 1.807) is 18.2 Å². The number of hydrogen-bond acceptors (Lipinski definition) is 8. The molecule has 0 atom stereocenters. The molecule has 0 saturated carbocycles. The normalized spacial score (nSPS) is 10.5. The van der Waals surface area contributed by atoms with Crippen molar-refractivity contribution in [2.24, 2.45) is 0 Å². The summed E-state index contributed by atoms with van der Waals surface area (Å²) in [4.78, 5) is 12.2.